The van der Waals surface area contributed by atoms with Crippen LogP contribution in [-0.4, -0.2) is 21.0 Å². The van der Waals surface area contributed by atoms with Crippen molar-refractivity contribution < 1.29 is 0 Å². The van der Waals surface area contributed by atoms with E-state index in [9.17, 15) is 4.79 Å². The van der Waals surface area contributed by atoms with E-state index < -0.39 is 0 Å². The van der Waals surface area contributed by atoms with Gasteiger partial charge >= 0.3 is 0 Å². The zero-order valence-electron chi connectivity index (χ0n) is 19.1. The maximum absolute atomic E-state index is 13.2. The van der Waals surface area contributed by atoms with Crippen LogP contribution >= 0.6 is 11.3 Å². The minimum absolute atomic E-state index is 0.0174. The van der Waals surface area contributed by atoms with Crippen molar-refractivity contribution in [3.05, 3.63) is 68.0 Å². The van der Waals surface area contributed by atoms with E-state index in [1.807, 2.05) is 24.3 Å². The van der Waals surface area contributed by atoms with Gasteiger partial charge in [-0.1, -0.05) is 30.4 Å². The molecule has 0 amide bonds. The summed E-state index contributed by atoms with van der Waals surface area (Å²) < 4.78 is 2.48. The van der Waals surface area contributed by atoms with E-state index in [2.05, 4.69) is 69.6 Å². The molecular formula is C26H29N3OS. The van der Waals surface area contributed by atoms with Crippen molar-refractivity contribution in [2.24, 2.45) is 0 Å². The number of anilines is 1. The van der Waals surface area contributed by atoms with Crippen LogP contribution < -0.4 is 15.0 Å². The van der Waals surface area contributed by atoms with Crippen LogP contribution in [0.3, 0.4) is 0 Å². The average Bonchev–Trinajstić information content (AvgIpc) is 3.18. The molecule has 0 spiro atoms. The Morgan fingerprint density at radius 1 is 1.23 bits per heavy atom. The molecule has 1 aliphatic rings. The Bertz CT molecular complexity index is 1430. The van der Waals surface area contributed by atoms with E-state index in [4.69, 9.17) is 0 Å². The second-order valence-electron chi connectivity index (χ2n) is 9.78. The molecule has 2 aromatic carbocycles. The fourth-order valence-corrected chi connectivity index (χ4v) is 6.48. The lowest BCUT2D eigenvalue weighted by atomic mass is 9.78. The van der Waals surface area contributed by atoms with Crippen molar-refractivity contribution in [3.8, 4) is 0 Å². The largest absolute Gasteiger partial charge is 0.364 e. The summed E-state index contributed by atoms with van der Waals surface area (Å²) in [6.45, 7) is 13.7. The molecule has 0 aliphatic carbocycles. The molecule has 4 nitrogen and oxygen atoms in total. The lowest BCUT2D eigenvalue weighted by molar-refractivity contribution is 0.356. The summed E-state index contributed by atoms with van der Waals surface area (Å²) in [5.74, 6) is 0.476. The maximum atomic E-state index is 13.2. The Morgan fingerprint density at radius 2 is 1.97 bits per heavy atom. The summed E-state index contributed by atoms with van der Waals surface area (Å²) in [7, 11) is 0. The monoisotopic (exact) mass is 431 g/mol. The zero-order valence-corrected chi connectivity index (χ0v) is 19.9. The van der Waals surface area contributed by atoms with E-state index in [1.54, 1.807) is 4.40 Å². The van der Waals surface area contributed by atoms with Crippen LogP contribution in [0.5, 0.6) is 0 Å². The van der Waals surface area contributed by atoms with E-state index in [0.717, 1.165) is 32.5 Å². The molecule has 2 aromatic heterocycles. The number of aryl methyl sites for hydroxylation is 1. The van der Waals surface area contributed by atoms with Gasteiger partial charge in [-0.15, -0.1) is 0 Å². The van der Waals surface area contributed by atoms with Crippen molar-refractivity contribution >= 4 is 39.1 Å². The minimum Gasteiger partial charge on any atom is -0.364 e. The van der Waals surface area contributed by atoms with Crippen molar-refractivity contribution in [3.63, 3.8) is 0 Å². The first-order valence-corrected chi connectivity index (χ1v) is 11.8. The highest BCUT2D eigenvalue weighted by molar-refractivity contribution is 7.15. The van der Waals surface area contributed by atoms with E-state index >= 15 is 0 Å². The predicted octanol–water partition coefficient (Wildman–Crippen LogP) is 5.27. The topological polar surface area (TPSA) is 37.6 Å². The molecule has 0 N–H and O–H groups in total. The lowest BCUT2D eigenvalue weighted by Crippen LogP contribution is -2.51. The zero-order chi connectivity index (χ0) is 22.1. The summed E-state index contributed by atoms with van der Waals surface area (Å²) in [5.41, 5.74) is 6.93. The predicted molar refractivity (Wildman–Crippen MR) is 132 cm³/mol. The average molecular weight is 432 g/mol. The first-order chi connectivity index (χ1) is 14.7. The van der Waals surface area contributed by atoms with Crippen molar-refractivity contribution in [1.82, 2.24) is 9.38 Å². The summed E-state index contributed by atoms with van der Waals surface area (Å²) in [6, 6.07) is 12.9. The quantitative estimate of drug-likeness (QED) is 0.434. The Labute approximate surface area is 186 Å². The molecule has 0 radical (unpaired) electrons. The molecule has 160 valence electrons. The van der Waals surface area contributed by atoms with Crippen molar-refractivity contribution in [1.29, 1.82) is 0 Å². The number of rotatable bonds is 2. The molecule has 5 rings (SSSR count). The van der Waals surface area contributed by atoms with Crippen LogP contribution in [0.2, 0.25) is 0 Å². The van der Waals surface area contributed by atoms with E-state index in [-0.39, 0.29) is 11.1 Å². The fourth-order valence-electron chi connectivity index (χ4n) is 5.50. The second-order valence-corrected chi connectivity index (χ2v) is 10.8. The van der Waals surface area contributed by atoms with Gasteiger partial charge in [0, 0.05) is 17.3 Å². The molecular weight excluding hydrogens is 402 g/mol. The Kier molecular flexibility index (Phi) is 4.52. The van der Waals surface area contributed by atoms with Gasteiger partial charge in [-0.3, -0.25) is 4.79 Å². The number of benzene rings is 2. The number of para-hydroxylation sites is 2. The summed E-state index contributed by atoms with van der Waals surface area (Å²) in [4.78, 5) is 21.2. The van der Waals surface area contributed by atoms with Gasteiger partial charge < -0.3 is 4.90 Å². The van der Waals surface area contributed by atoms with Gasteiger partial charge in [0.2, 0.25) is 0 Å². The van der Waals surface area contributed by atoms with Crippen LogP contribution in [0.15, 0.2) is 41.2 Å². The van der Waals surface area contributed by atoms with Crippen LogP contribution in [0.1, 0.15) is 63.6 Å². The number of fused-ring (bicyclic) bond motifs is 4. The molecule has 1 atom stereocenters. The molecule has 0 bridgehead atoms. The van der Waals surface area contributed by atoms with Crippen LogP contribution in [0.25, 0.3) is 22.1 Å². The summed E-state index contributed by atoms with van der Waals surface area (Å²) >= 11 is 1.47. The Morgan fingerprint density at radius 3 is 2.71 bits per heavy atom. The molecule has 5 heteroatoms. The highest BCUT2D eigenvalue weighted by Gasteiger charge is 2.37. The Balaban J connectivity index is 1.69. The minimum atomic E-state index is 0.0174. The fraction of sp³-hybridized carbons (Fsp3) is 0.385. The smallest absolute Gasteiger partial charge is 0.274 e. The van der Waals surface area contributed by atoms with Crippen molar-refractivity contribution in [2.75, 3.05) is 4.90 Å². The summed E-state index contributed by atoms with van der Waals surface area (Å²) in [6.07, 6.45) is 3.17. The first kappa shape index (κ1) is 20.3. The SMILES string of the molecule is Cc1cc2c(cc1/C=c1\sc3nc4ccccc4n3c1=O)C(C)CC(C)(C)N2C(C)C. The molecule has 1 unspecified atom stereocenters. The number of nitrogens with zero attached hydrogens (tertiary/aromatic N) is 3. The third-order valence-corrected chi connectivity index (χ3v) is 7.58. The normalized spacial score (nSPS) is 19.0. The van der Waals surface area contributed by atoms with Crippen LogP contribution in [-0.2, 0) is 0 Å². The number of thiazole rings is 1. The second kappa shape index (κ2) is 6.92. The van der Waals surface area contributed by atoms with E-state index in [0.29, 0.717) is 12.0 Å². The first-order valence-electron chi connectivity index (χ1n) is 11.0. The van der Waals surface area contributed by atoms with Gasteiger partial charge in [0.25, 0.3) is 5.56 Å². The van der Waals surface area contributed by atoms with E-state index in [1.165, 1.54) is 28.2 Å². The molecule has 31 heavy (non-hydrogen) atoms. The number of imidazole rings is 1. The molecule has 0 saturated carbocycles. The van der Waals surface area contributed by atoms with Crippen LogP contribution in [0, 0.1) is 6.92 Å². The molecule has 0 saturated heterocycles. The Hall–Kier alpha value is -2.66. The standard InChI is InChI=1S/C26H29N3OS/c1-15(2)29-22-11-16(3)18(12-19(22)17(4)14-26(29,5)6)13-23-24(30)28-21-10-8-7-9-20(21)27-25(28)31-23/h7-13,15,17H,14H2,1-6H3/b23-13-. The summed E-state index contributed by atoms with van der Waals surface area (Å²) in [5, 5.41) is 0. The van der Waals surface area contributed by atoms with Gasteiger partial charge in [-0.2, -0.15) is 0 Å². The highest BCUT2D eigenvalue weighted by Crippen LogP contribution is 2.45. The molecule has 4 aromatic rings. The lowest BCUT2D eigenvalue weighted by Gasteiger charge is -2.50. The number of hydrogen-bond acceptors (Lipinski definition) is 4. The molecule has 1 aliphatic heterocycles. The molecule has 3 heterocycles. The van der Waals surface area contributed by atoms with Crippen molar-refractivity contribution in [2.45, 2.75) is 65.5 Å². The highest BCUT2D eigenvalue weighted by atomic mass is 32.1. The number of hydrogen-bond donors (Lipinski definition) is 0. The number of aromatic nitrogens is 2. The van der Waals surface area contributed by atoms with Gasteiger partial charge in [0.05, 0.1) is 15.6 Å². The maximum Gasteiger partial charge on any atom is 0.274 e. The van der Waals surface area contributed by atoms with Gasteiger partial charge in [0.1, 0.15) is 0 Å². The molecule has 0 fully saturated rings. The van der Waals surface area contributed by atoms with Gasteiger partial charge in [0.15, 0.2) is 4.96 Å². The van der Waals surface area contributed by atoms with Gasteiger partial charge in [-0.05, 0) is 94.0 Å². The third-order valence-electron chi connectivity index (χ3n) is 6.61. The van der Waals surface area contributed by atoms with Gasteiger partial charge in [-0.25, -0.2) is 9.38 Å². The van der Waals surface area contributed by atoms with Crippen LogP contribution in [0.4, 0.5) is 5.69 Å². The third kappa shape index (κ3) is 3.09.